The van der Waals surface area contributed by atoms with Gasteiger partial charge >= 0.3 is 0 Å². The second-order valence-electron chi connectivity index (χ2n) is 5.89. The summed E-state index contributed by atoms with van der Waals surface area (Å²) in [4.78, 5) is 14.6. The number of likely N-dealkylation sites (tertiary alicyclic amines) is 1. The predicted molar refractivity (Wildman–Crippen MR) is 83.7 cm³/mol. The minimum Gasteiger partial charge on any atom is -0.342 e. The van der Waals surface area contributed by atoms with E-state index in [9.17, 15) is 4.79 Å². The van der Waals surface area contributed by atoms with Gasteiger partial charge in [0.2, 0.25) is 5.91 Å². The van der Waals surface area contributed by atoms with E-state index in [1.54, 1.807) is 0 Å². The fourth-order valence-corrected chi connectivity index (χ4v) is 3.61. The highest BCUT2D eigenvalue weighted by Gasteiger charge is 2.46. The topological polar surface area (TPSA) is 32.3 Å². The fraction of sp³-hybridized carbons (Fsp3) is 0.562. The first-order chi connectivity index (χ1) is 9.69. The first-order valence-electron chi connectivity index (χ1n) is 7.40. The lowest BCUT2D eigenvalue weighted by atomic mass is 10.0. The highest BCUT2D eigenvalue weighted by Crippen LogP contribution is 2.49. The van der Waals surface area contributed by atoms with Crippen molar-refractivity contribution in [3.8, 4) is 0 Å². The van der Waals surface area contributed by atoms with E-state index in [1.165, 1.54) is 5.56 Å². The molecule has 1 amide bonds. The maximum Gasteiger partial charge on any atom is 0.226 e. The number of benzene rings is 1. The Balaban J connectivity index is 1.58. The van der Waals surface area contributed by atoms with Crippen molar-refractivity contribution in [1.82, 2.24) is 10.2 Å². The lowest BCUT2D eigenvalue weighted by molar-refractivity contribution is -0.133. The smallest absolute Gasteiger partial charge is 0.226 e. The molecule has 108 valence electrons. The number of rotatable bonds is 3. The van der Waals surface area contributed by atoms with Crippen LogP contribution in [0.3, 0.4) is 0 Å². The Morgan fingerprint density at radius 2 is 2.10 bits per heavy atom. The summed E-state index contributed by atoms with van der Waals surface area (Å²) in [6, 6.07) is 8.95. The zero-order valence-corrected chi connectivity index (χ0v) is 13.4. The number of hydrogen-bond acceptors (Lipinski definition) is 2. The van der Waals surface area contributed by atoms with Crippen LogP contribution in [0, 0.1) is 5.92 Å². The van der Waals surface area contributed by atoms with Crippen LogP contribution in [0.2, 0.25) is 0 Å². The molecule has 2 aliphatic rings. The lowest BCUT2D eigenvalue weighted by Gasteiger charge is -2.32. The van der Waals surface area contributed by atoms with Crippen LogP contribution < -0.4 is 5.32 Å². The minimum absolute atomic E-state index is 0.218. The summed E-state index contributed by atoms with van der Waals surface area (Å²) in [5.74, 6) is 1.02. The molecule has 1 N–H and O–H groups in total. The summed E-state index contributed by atoms with van der Waals surface area (Å²) in [5, 5.41) is 3.31. The van der Waals surface area contributed by atoms with Crippen molar-refractivity contribution in [2.75, 3.05) is 20.1 Å². The molecule has 1 saturated heterocycles. The summed E-state index contributed by atoms with van der Waals surface area (Å²) in [6.45, 7) is 1.82. The predicted octanol–water partition coefficient (Wildman–Crippen LogP) is 2.76. The highest BCUT2D eigenvalue weighted by atomic mass is 79.9. The quantitative estimate of drug-likeness (QED) is 0.920. The van der Waals surface area contributed by atoms with Gasteiger partial charge in [-0.05, 0) is 49.9 Å². The number of piperidine rings is 1. The molecule has 1 aromatic carbocycles. The van der Waals surface area contributed by atoms with Gasteiger partial charge in [-0.15, -0.1) is 0 Å². The Kier molecular flexibility index (Phi) is 4.13. The van der Waals surface area contributed by atoms with Gasteiger partial charge in [-0.1, -0.05) is 28.1 Å². The van der Waals surface area contributed by atoms with Crippen LogP contribution in [0.15, 0.2) is 28.7 Å². The minimum atomic E-state index is 0.218. The molecule has 0 radical (unpaired) electrons. The molecule has 2 atom stereocenters. The maximum atomic E-state index is 12.5. The molecule has 2 fully saturated rings. The second kappa shape index (κ2) is 5.86. The number of halogens is 1. The van der Waals surface area contributed by atoms with Crippen molar-refractivity contribution >= 4 is 21.8 Å². The maximum absolute atomic E-state index is 12.5. The van der Waals surface area contributed by atoms with E-state index >= 15 is 0 Å². The van der Waals surface area contributed by atoms with E-state index in [2.05, 4.69) is 44.3 Å². The summed E-state index contributed by atoms with van der Waals surface area (Å²) in [7, 11) is 2.01. The number of carbonyl (C=O) groups is 1. The van der Waals surface area contributed by atoms with Crippen LogP contribution in [-0.2, 0) is 4.79 Å². The van der Waals surface area contributed by atoms with Crippen molar-refractivity contribution in [3.05, 3.63) is 34.3 Å². The molecule has 4 heteroatoms. The van der Waals surface area contributed by atoms with E-state index in [0.29, 0.717) is 17.9 Å². The largest absolute Gasteiger partial charge is 0.342 e. The lowest BCUT2D eigenvalue weighted by Crippen LogP contribution is -2.44. The number of hydrogen-bond donors (Lipinski definition) is 1. The number of amides is 1. The van der Waals surface area contributed by atoms with Gasteiger partial charge in [-0.3, -0.25) is 4.79 Å². The van der Waals surface area contributed by atoms with Gasteiger partial charge in [0.15, 0.2) is 0 Å². The molecule has 1 heterocycles. The Hall–Kier alpha value is -0.870. The summed E-state index contributed by atoms with van der Waals surface area (Å²) in [6.07, 6.45) is 3.17. The van der Waals surface area contributed by atoms with Gasteiger partial charge in [0.25, 0.3) is 0 Å². The molecule has 1 aromatic rings. The third-order valence-corrected chi connectivity index (χ3v) is 5.09. The van der Waals surface area contributed by atoms with Crippen LogP contribution >= 0.6 is 15.9 Å². The van der Waals surface area contributed by atoms with Crippen LogP contribution in [0.5, 0.6) is 0 Å². The highest BCUT2D eigenvalue weighted by molar-refractivity contribution is 9.10. The summed E-state index contributed by atoms with van der Waals surface area (Å²) in [5.41, 5.74) is 1.29. The van der Waals surface area contributed by atoms with Crippen molar-refractivity contribution in [2.24, 2.45) is 5.92 Å². The van der Waals surface area contributed by atoms with Gasteiger partial charge < -0.3 is 10.2 Å². The SMILES string of the molecule is CNC1CCN(C(=O)C2CC2c2cccc(Br)c2)CC1. The van der Waals surface area contributed by atoms with Crippen LogP contribution in [0.4, 0.5) is 0 Å². The standard InChI is InChI=1S/C16H21BrN2O/c1-18-13-5-7-19(8-6-13)16(20)15-10-14(15)11-3-2-4-12(17)9-11/h2-4,9,13-15,18H,5-8,10H2,1H3. The average molecular weight is 337 g/mol. The Morgan fingerprint density at radius 3 is 2.75 bits per heavy atom. The average Bonchev–Trinajstić information content (AvgIpc) is 3.27. The molecule has 1 saturated carbocycles. The molecule has 0 spiro atoms. The van der Waals surface area contributed by atoms with E-state index in [1.807, 2.05) is 13.1 Å². The fourth-order valence-electron chi connectivity index (χ4n) is 3.20. The van der Waals surface area contributed by atoms with Gasteiger partial charge in [0.05, 0.1) is 0 Å². The van der Waals surface area contributed by atoms with Crippen molar-refractivity contribution < 1.29 is 4.79 Å². The molecule has 0 aromatic heterocycles. The van der Waals surface area contributed by atoms with E-state index < -0.39 is 0 Å². The Morgan fingerprint density at radius 1 is 1.35 bits per heavy atom. The number of nitrogens with zero attached hydrogens (tertiary/aromatic N) is 1. The molecule has 1 aliphatic heterocycles. The van der Waals surface area contributed by atoms with E-state index in [4.69, 9.17) is 0 Å². The van der Waals surface area contributed by atoms with E-state index in [-0.39, 0.29) is 5.92 Å². The zero-order chi connectivity index (χ0) is 14.1. The molecule has 0 bridgehead atoms. The normalized spacial score (nSPS) is 26.6. The van der Waals surface area contributed by atoms with Gasteiger partial charge in [-0.2, -0.15) is 0 Å². The molecule has 20 heavy (non-hydrogen) atoms. The van der Waals surface area contributed by atoms with E-state index in [0.717, 1.165) is 36.8 Å². The third-order valence-electron chi connectivity index (χ3n) is 4.60. The summed E-state index contributed by atoms with van der Waals surface area (Å²) < 4.78 is 1.10. The van der Waals surface area contributed by atoms with Crippen molar-refractivity contribution in [2.45, 2.75) is 31.2 Å². The zero-order valence-electron chi connectivity index (χ0n) is 11.8. The monoisotopic (exact) mass is 336 g/mol. The van der Waals surface area contributed by atoms with Gasteiger partial charge in [-0.25, -0.2) is 0 Å². The van der Waals surface area contributed by atoms with Crippen molar-refractivity contribution in [3.63, 3.8) is 0 Å². The van der Waals surface area contributed by atoms with Crippen LogP contribution in [-0.4, -0.2) is 37.0 Å². The second-order valence-corrected chi connectivity index (χ2v) is 6.81. The Labute approximate surface area is 128 Å². The van der Waals surface area contributed by atoms with Gasteiger partial charge in [0, 0.05) is 29.5 Å². The number of nitrogens with one attached hydrogen (secondary N) is 1. The first kappa shape index (κ1) is 14.1. The number of carbonyl (C=O) groups excluding carboxylic acids is 1. The third kappa shape index (κ3) is 2.91. The first-order valence-corrected chi connectivity index (χ1v) is 8.20. The molecule has 2 unspecified atom stereocenters. The molecule has 3 nitrogen and oxygen atoms in total. The molecule has 1 aliphatic carbocycles. The summed E-state index contributed by atoms with van der Waals surface area (Å²) >= 11 is 3.50. The Bertz CT molecular complexity index is 497. The molecular weight excluding hydrogens is 316 g/mol. The molecular formula is C16H21BrN2O. The van der Waals surface area contributed by atoms with Gasteiger partial charge in [0.1, 0.15) is 0 Å². The van der Waals surface area contributed by atoms with Crippen LogP contribution in [0.1, 0.15) is 30.7 Å². The van der Waals surface area contributed by atoms with Crippen molar-refractivity contribution in [1.29, 1.82) is 0 Å². The molecule has 3 rings (SSSR count). The van der Waals surface area contributed by atoms with Crippen LogP contribution in [0.25, 0.3) is 0 Å².